The first-order valence-electron chi connectivity index (χ1n) is 6.22. The second-order valence-corrected chi connectivity index (χ2v) is 7.21. The van der Waals surface area contributed by atoms with Crippen molar-refractivity contribution in [2.45, 2.75) is 18.8 Å². The van der Waals surface area contributed by atoms with Crippen molar-refractivity contribution in [3.8, 4) is 0 Å². The predicted molar refractivity (Wildman–Crippen MR) is 71.2 cm³/mol. The molecular formula is C13H14N2O3S. The maximum atomic E-state index is 11.4. The van der Waals surface area contributed by atoms with Crippen LogP contribution in [0.25, 0.3) is 5.65 Å². The lowest BCUT2D eigenvalue weighted by atomic mass is 10.00. The van der Waals surface area contributed by atoms with Gasteiger partial charge >= 0.3 is 0 Å². The minimum Gasteiger partial charge on any atom is -0.306 e. The van der Waals surface area contributed by atoms with E-state index in [9.17, 15) is 13.2 Å². The average molecular weight is 278 g/mol. The normalized spacial score (nSPS) is 19.6. The van der Waals surface area contributed by atoms with Gasteiger partial charge in [0.05, 0.1) is 22.8 Å². The van der Waals surface area contributed by atoms with E-state index in [2.05, 4.69) is 4.98 Å². The van der Waals surface area contributed by atoms with Crippen molar-refractivity contribution in [3.05, 3.63) is 35.8 Å². The average Bonchev–Trinajstić information content (AvgIpc) is 2.82. The zero-order chi connectivity index (χ0) is 13.5. The van der Waals surface area contributed by atoms with Gasteiger partial charge in [-0.15, -0.1) is 0 Å². The number of carbonyl (C=O) groups is 1. The molecule has 1 aliphatic heterocycles. The highest BCUT2D eigenvalue weighted by atomic mass is 32.2. The van der Waals surface area contributed by atoms with Crippen LogP contribution in [0.4, 0.5) is 0 Å². The quantitative estimate of drug-likeness (QED) is 0.779. The molecule has 0 N–H and O–H groups in total. The summed E-state index contributed by atoms with van der Waals surface area (Å²) in [7, 11) is -2.86. The van der Waals surface area contributed by atoms with Crippen molar-refractivity contribution in [3.63, 3.8) is 0 Å². The first-order chi connectivity index (χ1) is 9.09. The first-order valence-corrected chi connectivity index (χ1v) is 8.04. The van der Waals surface area contributed by atoms with Gasteiger partial charge in [-0.05, 0) is 25.0 Å². The van der Waals surface area contributed by atoms with Crippen LogP contribution in [-0.4, -0.2) is 35.6 Å². The maximum absolute atomic E-state index is 11.4. The number of imidazole rings is 1. The molecule has 19 heavy (non-hydrogen) atoms. The van der Waals surface area contributed by atoms with Gasteiger partial charge in [-0.25, -0.2) is 13.4 Å². The lowest BCUT2D eigenvalue weighted by Gasteiger charge is -2.19. The highest BCUT2D eigenvalue weighted by Gasteiger charge is 2.26. The number of aldehydes is 1. The van der Waals surface area contributed by atoms with E-state index >= 15 is 0 Å². The summed E-state index contributed by atoms with van der Waals surface area (Å²) in [4.78, 5) is 15.5. The Morgan fingerprint density at radius 3 is 2.74 bits per heavy atom. The number of hydrogen-bond acceptors (Lipinski definition) is 4. The third-order valence-electron chi connectivity index (χ3n) is 3.63. The highest BCUT2D eigenvalue weighted by molar-refractivity contribution is 7.91. The standard InChI is InChI=1S/C13H14N2O3S/c16-9-11-2-1-5-15-8-12(14-13(11)15)10-3-6-19(17,18)7-4-10/h1-2,5,8-10H,3-4,6-7H2. The van der Waals surface area contributed by atoms with Crippen LogP contribution in [0.2, 0.25) is 0 Å². The Kier molecular flexibility index (Phi) is 2.89. The van der Waals surface area contributed by atoms with E-state index in [1.54, 1.807) is 12.1 Å². The Hall–Kier alpha value is -1.69. The van der Waals surface area contributed by atoms with E-state index in [0.717, 1.165) is 12.0 Å². The molecular weight excluding hydrogens is 264 g/mol. The zero-order valence-corrected chi connectivity index (χ0v) is 11.1. The van der Waals surface area contributed by atoms with Crippen LogP contribution in [-0.2, 0) is 9.84 Å². The predicted octanol–water partition coefficient (Wildman–Crippen LogP) is 1.44. The fourth-order valence-corrected chi connectivity index (χ4v) is 4.02. The van der Waals surface area contributed by atoms with Crippen LogP contribution < -0.4 is 0 Å². The molecule has 6 heteroatoms. The van der Waals surface area contributed by atoms with Gasteiger partial charge in [-0.1, -0.05) is 0 Å². The lowest BCUT2D eigenvalue weighted by Crippen LogP contribution is -2.22. The van der Waals surface area contributed by atoms with Crippen molar-refractivity contribution < 1.29 is 13.2 Å². The van der Waals surface area contributed by atoms with E-state index in [1.165, 1.54) is 0 Å². The summed E-state index contributed by atoms with van der Waals surface area (Å²) < 4.78 is 24.7. The van der Waals surface area contributed by atoms with Crippen molar-refractivity contribution in [1.82, 2.24) is 9.38 Å². The highest BCUT2D eigenvalue weighted by Crippen LogP contribution is 2.28. The number of sulfone groups is 1. The Morgan fingerprint density at radius 1 is 1.32 bits per heavy atom. The Labute approximate surface area is 111 Å². The van der Waals surface area contributed by atoms with E-state index in [0.29, 0.717) is 24.1 Å². The number of carbonyl (C=O) groups excluding carboxylic acids is 1. The maximum Gasteiger partial charge on any atom is 0.153 e. The molecule has 1 aliphatic rings. The van der Waals surface area contributed by atoms with Gasteiger partial charge in [-0.3, -0.25) is 4.79 Å². The van der Waals surface area contributed by atoms with Gasteiger partial charge in [0, 0.05) is 18.3 Å². The van der Waals surface area contributed by atoms with E-state index in [-0.39, 0.29) is 17.4 Å². The third-order valence-corrected chi connectivity index (χ3v) is 5.35. The molecule has 1 saturated heterocycles. The number of nitrogens with zero attached hydrogens (tertiary/aromatic N) is 2. The number of aromatic nitrogens is 2. The van der Waals surface area contributed by atoms with E-state index < -0.39 is 9.84 Å². The molecule has 0 amide bonds. The number of rotatable bonds is 2. The molecule has 1 fully saturated rings. The molecule has 0 unspecified atom stereocenters. The van der Waals surface area contributed by atoms with E-state index in [4.69, 9.17) is 0 Å². The van der Waals surface area contributed by atoms with Crippen molar-refractivity contribution in [2.75, 3.05) is 11.5 Å². The van der Waals surface area contributed by atoms with E-state index in [1.807, 2.05) is 16.8 Å². The molecule has 0 atom stereocenters. The second kappa shape index (κ2) is 4.45. The molecule has 2 aromatic heterocycles. The molecule has 3 rings (SSSR count). The summed E-state index contributed by atoms with van der Waals surface area (Å²) >= 11 is 0. The summed E-state index contributed by atoms with van der Waals surface area (Å²) in [5, 5.41) is 0. The minimum absolute atomic E-state index is 0.169. The monoisotopic (exact) mass is 278 g/mol. The fraction of sp³-hybridized carbons (Fsp3) is 0.385. The Morgan fingerprint density at radius 2 is 2.05 bits per heavy atom. The smallest absolute Gasteiger partial charge is 0.153 e. The van der Waals surface area contributed by atoms with Crippen LogP contribution in [0, 0.1) is 0 Å². The van der Waals surface area contributed by atoms with Crippen molar-refractivity contribution in [1.29, 1.82) is 0 Å². The number of fused-ring (bicyclic) bond motifs is 1. The molecule has 0 aromatic carbocycles. The lowest BCUT2D eigenvalue weighted by molar-refractivity contribution is 0.112. The Bertz CT molecular complexity index is 719. The van der Waals surface area contributed by atoms with Crippen molar-refractivity contribution in [2.24, 2.45) is 0 Å². The molecule has 0 saturated carbocycles. The molecule has 0 spiro atoms. The summed E-state index contributed by atoms with van der Waals surface area (Å²) in [6.07, 6.45) is 5.76. The molecule has 2 aromatic rings. The van der Waals surface area contributed by atoms with Crippen LogP contribution in [0.3, 0.4) is 0 Å². The zero-order valence-electron chi connectivity index (χ0n) is 10.3. The van der Waals surface area contributed by atoms with Crippen LogP contribution in [0.5, 0.6) is 0 Å². The molecule has 0 aliphatic carbocycles. The largest absolute Gasteiger partial charge is 0.306 e. The topological polar surface area (TPSA) is 68.5 Å². The Balaban J connectivity index is 1.96. The van der Waals surface area contributed by atoms with Gasteiger partial charge in [-0.2, -0.15) is 0 Å². The first kappa shape index (κ1) is 12.3. The van der Waals surface area contributed by atoms with Gasteiger partial charge in [0.15, 0.2) is 6.29 Å². The van der Waals surface area contributed by atoms with Crippen molar-refractivity contribution >= 4 is 21.8 Å². The van der Waals surface area contributed by atoms with Crippen LogP contribution >= 0.6 is 0 Å². The molecule has 100 valence electrons. The summed E-state index contributed by atoms with van der Waals surface area (Å²) in [5.41, 5.74) is 2.07. The fourth-order valence-electron chi connectivity index (χ4n) is 2.53. The molecule has 3 heterocycles. The summed E-state index contributed by atoms with van der Waals surface area (Å²) in [6, 6.07) is 3.53. The molecule has 5 nitrogen and oxygen atoms in total. The van der Waals surface area contributed by atoms with Gasteiger partial charge in [0.1, 0.15) is 15.5 Å². The summed E-state index contributed by atoms with van der Waals surface area (Å²) in [6.45, 7) is 0. The van der Waals surface area contributed by atoms with Gasteiger partial charge in [0.25, 0.3) is 0 Å². The minimum atomic E-state index is -2.86. The number of pyridine rings is 1. The molecule has 0 radical (unpaired) electrons. The van der Waals surface area contributed by atoms with Crippen LogP contribution in [0.1, 0.15) is 34.8 Å². The molecule has 0 bridgehead atoms. The second-order valence-electron chi connectivity index (χ2n) is 4.90. The summed E-state index contributed by atoms with van der Waals surface area (Å²) in [5.74, 6) is 0.626. The SMILES string of the molecule is O=Cc1cccn2cc(C3CCS(=O)(=O)CC3)nc12. The number of hydrogen-bond donors (Lipinski definition) is 0. The van der Waals surface area contributed by atoms with Gasteiger partial charge < -0.3 is 4.40 Å². The van der Waals surface area contributed by atoms with Gasteiger partial charge in [0.2, 0.25) is 0 Å². The van der Waals surface area contributed by atoms with Crippen LogP contribution in [0.15, 0.2) is 24.5 Å². The third kappa shape index (κ3) is 2.28.